The Balaban J connectivity index is 0.00000225. The average molecular weight is 372 g/mol. The van der Waals surface area contributed by atoms with Crippen LogP contribution in [0.1, 0.15) is 19.3 Å². The summed E-state index contributed by atoms with van der Waals surface area (Å²) in [5.41, 5.74) is -0.134. The maximum absolute atomic E-state index is 12.4. The van der Waals surface area contributed by atoms with Crippen molar-refractivity contribution in [3.63, 3.8) is 0 Å². The maximum Gasteiger partial charge on any atom is 0.311 e. The van der Waals surface area contributed by atoms with Crippen LogP contribution in [0.25, 0.3) is 0 Å². The largest absolute Gasteiger partial charge is 0.490 e. The smallest absolute Gasteiger partial charge is 0.311 e. The van der Waals surface area contributed by atoms with Gasteiger partial charge >= 0.3 is 5.69 Å². The Morgan fingerprint density at radius 3 is 2.84 bits per heavy atom. The van der Waals surface area contributed by atoms with E-state index in [-0.39, 0.29) is 36.4 Å². The third-order valence-electron chi connectivity index (χ3n) is 4.59. The number of methoxy groups -OCH3 is 1. The number of carbonyl (C=O) groups is 1. The fraction of sp³-hybridized carbons (Fsp3) is 0.562. The number of nitrogens with zero attached hydrogens (tertiary/aromatic N) is 2. The minimum atomic E-state index is -0.521. The molecule has 1 aromatic rings. The van der Waals surface area contributed by atoms with Gasteiger partial charge in [0.05, 0.1) is 12.0 Å². The first-order chi connectivity index (χ1) is 11.6. The second kappa shape index (κ2) is 8.35. The van der Waals surface area contributed by atoms with Crippen molar-refractivity contribution in [2.75, 3.05) is 26.8 Å². The fourth-order valence-electron chi connectivity index (χ4n) is 3.30. The van der Waals surface area contributed by atoms with Crippen molar-refractivity contribution in [2.24, 2.45) is 0 Å². The summed E-state index contributed by atoms with van der Waals surface area (Å²) in [6.45, 7) is 1.36. The lowest BCUT2D eigenvalue weighted by atomic mass is 10.1. The predicted molar refractivity (Wildman–Crippen MR) is 93.5 cm³/mol. The van der Waals surface area contributed by atoms with Crippen molar-refractivity contribution < 1.29 is 19.2 Å². The van der Waals surface area contributed by atoms with E-state index in [1.54, 1.807) is 0 Å². The van der Waals surface area contributed by atoms with Crippen molar-refractivity contribution in [1.82, 2.24) is 10.2 Å². The number of carbonyl (C=O) groups excluding carboxylic acids is 1. The monoisotopic (exact) mass is 371 g/mol. The first-order valence-corrected chi connectivity index (χ1v) is 8.06. The Bertz CT molecular complexity index is 642. The molecule has 2 unspecified atom stereocenters. The number of ether oxygens (including phenoxy) is 2. The molecule has 2 fully saturated rings. The van der Waals surface area contributed by atoms with Gasteiger partial charge in [-0.1, -0.05) is 0 Å². The van der Waals surface area contributed by atoms with Crippen LogP contribution in [-0.4, -0.2) is 54.6 Å². The molecular weight excluding hydrogens is 350 g/mol. The molecular formula is C16H22ClN3O5. The van der Waals surface area contributed by atoms with Crippen LogP contribution in [0.2, 0.25) is 0 Å². The molecule has 0 aliphatic carbocycles. The molecule has 0 radical (unpaired) electrons. The number of fused-ring (bicyclic) bond motifs is 2. The predicted octanol–water partition coefficient (Wildman–Crippen LogP) is 1.76. The number of rotatable bonds is 5. The minimum absolute atomic E-state index is 0. The Hall–Kier alpha value is -2.06. The van der Waals surface area contributed by atoms with Crippen LogP contribution in [0.5, 0.6) is 11.5 Å². The lowest BCUT2D eigenvalue weighted by molar-refractivity contribution is -0.385. The summed E-state index contributed by atoms with van der Waals surface area (Å²) in [6.07, 6.45) is 3.26. The summed E-state index contributed by atoms with van der Waals surface area (Å²) in [5.74, 6) is 0.420. The highest BCUT2D eigenvalue weighted by Crippen LogP contribution is 2.30. The Kier molecular flexibility index (Phi) is 6.44. The summed E-state index contributed by atoms with van der Waals surface area (Å²) < 4.78 is 10.5. The van der Waals surface area contributed by atoms with Crippen molar-refractivity contribution >= 4 is 24.0 Å². The number of nitro benzene ring substituents is 1. The topological polar surface area (TPSA) is 93.9 Å². The van der Waals surface area contributed by atoms with Gasteiger partial charge in [-0.3, -0.25) is 14.9 Å². The zero-order valence-electron chi connectivity index (χ0n) is 14.0. The first kappa shape index (κ1) is 19.3. The number of benzene rings is 1. The molecule has 2 saturated heterocycles. The van der Waals surface area contributed by atoms with Crippen molar-refractivity contribution in [3.05, 3.63) is 28.3 Å². The van der Waals surface area contributed by atoms with Gasteiger partial charge in [-0.05, 0) is 25.3 Å². The van der Waals surface area contributed by atoms with E-state index in [1.807, 2.05) is 4.90 Å². The van der Waals surface area contributed by atoms with Crippen molar-refractivity contribution in [2.45, 2.75) is 31.3 Å². The molecule has 0 aromatic heterocycles. The van der Waals surface area contributed by atoms with E-state index in [1.165, 1.54) is 31.7 Å². The van der Waals surface area contributed by atoms with Crippen molar-refractivity contribution in [3.8, 4) is 11.5 Å². The highest BCUT2D eigenvalue weighted by atomic mass is 35.5. The first-order valence-electron chi connectivity index (χ1n) is 8.06. The molecule has 1 N–H and O–H groups in total. The number of hydrogen-bond acceptors (Lipinski definition) is 6. The van der Waals surface area contributed by atoms with Gasteiger partial charge in [0.2, 0.25) is 5.75 Å². The summed E-state index contributed by atoms with van der Waals surface area (Å²) in [6, 6.07) is 5.11. The van der Waals surface area contributed by atoms with E-state index in [2.05, 4.69) is 5.32 Å². The molecule has 3 rings (SSSR count). The molecule has 2 atom stereocenters. The summed E-state index contributed by atoms with van der Waals surface area (Å²) >= 11 is 0. The highest BCUT2D eigenvalue weighted by molar-refractivity contribution is 5.85. The van der Waals surface area contributed by atoms with E-state index in [4.69, 9.17) is 9.47 Å². The van der Waals surface area contributed by atoms with E-state index in [0.29, 0.717) is 24.4 Å². The van der Waals surface area contributed by atoms with Crippen LogP contribution in [0.15, 0.2) is 18.2 Å². The molecule has 25 heavy (non-hydrogen) atoms. The molecule has 138 valence electrons. The highest BCUT2D eigenvalue weighted by Gasteiger charge is 2.31. The van der Waals surface area contributed by atoms with Gasteiger partial charge in [-0.25, -0.2) is 0 Å². The van der Waals surface area contributed by atoms with Gasteiger partial charge in [0, 0.05) is 37.3 Å². The van der Waals surface area contributed by atoms with E-state index in [0.717, 1.165) is 19.4 Å². The summed E-state index contributed by atoms with van der Waals surface area (Å²) in [5, 5.41) is 14.4. The normalized spacial score (nSPS) is 21.9. The van der Waals surface area contributed by atoms with Gasteiger partial charge in [-0.15, -0.1) is 12.4 Å². The third-order valence-corrected chi connectivity index (χ3v) is 4.59. The second-order valence-electron chi connectivity index (χ2n) is 6.15. The Morgan fingerprint density at radius 1 is 1.36 bits per heavy atom. The maximum atomic E-state index is 12.4. The van der Waals surface area contributed by atoms with Crippen molar-refractivity contribution in [1.29, 1.82) is 0 Å². The van der Waals surface area contributed by atoms with E-state index in [9.17, 15) is 14.9 Å². The Morgan fingerprint density at radius 2 is 2.12 bits per heavy atom. The molecule has 1 amide bonds. The molecule has 2 heterocycles. The molecule has 2 aliphatic heterocycles. The number of amides is 1. The Labute approximate surface area is 152 Å². The van der Waals surface area contributed by atoms with Gasteiger partial charge in [0.1, 0.15) is 5.75 Å². The molecule has 1 aromatic carbocycles. The van der Waals surface area contributed by atoms with Gasteiger partial charge in [-0.2, -0.15) is 0 Å². The van der Waals surface area contributed by atoms with Crippen LogP contribution in [0, 0.1) is 10.1 Å². The molecule has 9 heteroatoms. The van der Waals surface area contributed by atoms with Gasteiger partial charge in [0.15, 0.2) is 6.61 Å². The number of likely N-dealkylation sites (tertiary alicyclic amines) is 1. The van der Waals surface area contributed by atoms with Gasteiger partial charge < -0.3 is 19.7 Å². The van der Waals surface area contributed by atoms with Crippen LogP contribution in [-0.2, 0) is 4.79 Å². The molecule has 0 spiro atoms. The number of hydrogen-bond donors (Lipinski definition) is 1. The number of nitrogens with one attached hydrogen (secondary N) is 1. The SMILES string of the molecule is COc1cc(OCC(=O)N2CCC3CCC(C2)N3)ccc1[N+](=O)[O-].Cl. The van der Waals surface area contributed by atoms with Crippen LogP contribution >= 0.6 is 12.4 Å². The molecule has 0 saturated carbocycles. The summed E-state index contributed by atoms with van der Waals surface area (Å²) in [4.78, 5) is 24.6. The zero-order valence-corrected chi connectivity index (χ0v) is 14.8. The third kappa shape index (κ3) is 4.52. The fourth-order valence-corrected chi connectivity index (χ4v) is 3.30. The quantitative estimate of drug-likeness (QED) is 0.626. The zero-order chi connectivity index (χ0) is 17.1. The lowest BCUT2D eigenvalue weighted by Gasteiger charge is -2.24. The van der Waals surface area contributed by atoms with E-state index >= 15 is 0 Å². The van der Waals surface area contributed by atoms with Crippen LogP contribution < -0.4 is 14.8 Å². The average Bonchev–Trinajstić information content (AvgIpc) is 2.91. The number of nitro groups is 1. The second-order valence-corrected chi connectivity index (χ2v) is 6.15. The minimum Gasteiger partial charge on any atom is -0.490 e. The van der Waals surface area contributed by atoms with E-state index < -0.39 is 4.92 Å². The van der Waals surface area contributed by atoms with Gasteiger partial charge in [0.25, 0.3) is 5.91 Å². The van der Waals surface area contributed by atoms with Crippen LogP contribution in [0.3, 0.4) is 0 Å². The lowest BCUT2D eigenvalue weighted by Crippen LogP contribution is -2.41. The van der Waals surface area contributed by atoms with Crippen LogP contribution in [0.4, 0.5) is 5.69 Å². The number of halogens is 1. The standard InChI is InChI=1S/C16H21N3O5.ClH/c1-23-15-8-13(4-5-14(15)19(21)22)24-10-16(20)18-7-6-11-2-3-12(9-18)17-11;/h4-5,8,11-12,17H,2-3,6-7,9-10H2,1H3;1H. The molecule has 2 aliphatic rings. The molecule has 2 bridgehead atoms. The summed E-state index contributed by atoms with van der Waals surface area (Å²) in [7, 11) is 1.36. The molecule has 8 nitrogen and oxygen atoms in total.